The van der Waals surface area contributed by atoms with Gasteiger partial charge in [0.1, 0.15) is 0 Å². The number of aliphatic hydroxyl groups excluding tert-OH is 1. The molecule has 0 aromatic rings. The second kappa shape index (κ2) is 7.53. The van der Waals surface area contributed by atoms with E-state index in [0.29, 0.717) is 0 Å². The second-order valence-corrected chi connectivity index (χ2v) is 3.21. The van der Waals surface area contributed by atoms with Crippen molar-refractivity contribution in [2.45, 2.75) is 32.8 Å². The fraction of sp³-hybridized carbons (Fsp3) is 1.00. The molecule has 0 fully saturated rings. The lowest BCUT2D eigenvalue weighted by Crippen LogP contribution is -2.30. The maximum Gasteiger partial charge on any atom is 0.0512 e. The van der Waals surface area contributed by atoms with Gasteiger partial charge in [-0.1, -0.05) is 6.92 Å². The van der Waals surface area contributed by atoms with Crippen LogP contribution >= 0.6 is 0 Å². The summed E-state index contributed by atoms with van der Waals surface area (Å²) in [6, 6.07) is 0. The minimum absolute atomic E-state index is 0.165. The van der Waals surface area contributed by atoms with Gasteiger partial charge < -0.3 is 15.7 Å². The first-order chi connectivity index (χ1) is 5.70. The predicted molar refractivity (Wildman–Crippen MR) is 52.1 cm³/mol. The molecule has 1 unspecified atom stereocenters. The van der Waals surface area contributed by atoms with Crippen LogP contribution in [0.15, 0.2) is 0 Å². The van der Waals surface area contributed by atoms with Crippen LogP contribution in [0.5, 0.6) is 0 Å². The summed E-state index contributed by atoms with van der Waals surface area (Å²) in [6.45, 7) is 7.77. The molecule has 3 heteroatoms. The highest BCUT2D eigenvalue weighted by molar-refractivity contribution is 4.57. The zero-order valence-corrected chi connectivity index (χ0v) is 8.29. The Morgan fingerprint density at radius 3 is 2.50 bits per heavy atom. The van der Waals surface area contributed by atoms with Crippen molar-refractivity contribution >= 4 is 0 Å². The molecule has 0 aromatic carbocycles. The number of nitrogens with zero attached hydrogens (tertiary/aromatic N) is 1. The lowest BCUT2D eigenvalue weighted by Gasteiger charge is -2.19. The SMILES string of the molecule is CCN(CCN)CCCC(C)O. The molecule has 3 N–H and O–H groups in total. The van der Waals surface area contributed by atoms with Crippen LogP contribution in [0.25, 0.3) is 0 Å². The maximum absolute atomic E-state index is 9.02. The molecule has 0 spiro atoms. The van der Waals surface area contributed by atoms with Crippen LogP contribution in [0.1, 0.15) is 26.7 Å². The van der Waals surface area contributed by atoms with Gasteiger partial charge in [-0.2, -0.15) is 0 Å². The Kier molecular flexibility index (Phi) is 7.45. The smallest absolute Gasteiger partial charge is 0.0512 e. The summed E-state index contributed by atoms with van der Waals surface area (Å²) in [6.07, 6.45) is 1.79. The van der Waals surface area contributed by atoms with Gasteiger partial charge >= 0.3 is 0 Å². The molecule has 0 saturated heterocycles. The number of aliphatic hydroxyl groups is 1. The van der Waals surface area contributed by atoms with Crippen LogP contribution in [-0.4, -0.2) is 42.3 Å². The van der Waals surface area contributed by atoms with Crippen molar-refractivity contribution in [2.75, 3.05) is 26.2 Å². The van der Waals surface area contributed by atoms with E-state index in [1.54, 1.807) is 0 Å². The Hall–Kier alpha value is -0.120. The summed E-state index contributed by atoms with van der Waals surface area (Å²) in [4.78, 5) is 2.31. The van der Waals surface area contributed by atoms with Crippen molar-refractivity contribution in [1.82, 2.24) is 4.90 Å². The topological polar surface area (TPSA) is 49.5 Å². The Balaban J connectivity index is 3.31. The zero-order valence-electron chi connectivity index (χ0n) is 8.29. The van der Waals surface area contributed by atoms with E-state index < -0.39 is 0 Å². The molecule has 1 atom stereocenters. The van der Waals surface area contributed by atoms with E-state index >= 15 is 0 Å². The van der Waals surface area contributed by atoms with Crippen molar-refractivity contribution in [3.05, 3.63) is 0 Å². The molecular weight excluding hydrogens is 152 g/mol. The molecule has 0 rings (SSSR count). The molecule has 0 heterocycles. The summed E-state index contributed by atoms with van der Waals surface area (Å²) < 4.78 is 0. The predicted octanol–water partition coefficient (Wildman–Crippen LogP) is 0.428. The van der Waals surface area contributed by atoms with E-state index in [1.807, 2.05) is 6.92 Å². The largest absolute Gasteiger partial charge is 0.393 e. The number of nitrogens with two attached hydrogens (primary N) is 1. The van der Waals surface area contributed by atoms with Gasteiger partial charge in [-0.15, -0.1) is 0 Å². The molecular formula is C9H22N2O. The third-order valence-corrected chi connectivity index (χ3v) is 1.99. The fourth-order valence-corrected chi connectivity index (χ4v) is 1.22. The van der Waals surface area contributed by atoms with Gasteiger partial charge in [0.05, 0.1) is 6.10 Å². The summed E-state index contributed by atoms with van der Waals surface area (Å²) in [5, 5.41) is 9.02. The molecule has 0 aromatic heterocycles. The zero-order chi connectivity index (χ0) is 9.40. The van der Waals surface area contributed by atoms with Gasteiger partial charge in [0, 0.05) is 13.1 Å². The molecule has 0 radical (unpaired) electrons. The minimum Gasteiger partial charge on any atom is -0.393 e. The van der Waals surface area contributed by atoms with Crippen LogP contribution in [-0.2, 0) is 0 Å². The minimum atomic E-state index is -0.165. The van der Waals surface area contributed by atoms with E-state index in [-0.39, 0.29) is 6.10 Å². The van der Waals surface area contributed by atoms with Gasteiger partial charge in [0.25, 0.3) is 0 Å². The Morgan fingerprint density at radius 1 is 1.42 bits per heavy atom. The average molecular weight is 174 g/mol. The highest BCUT2D eigenvalue weighted by Gasteiger charge is 2.01. The number of hydrogen-bond donors (Lipinski definition) is 2. The first-order valence-corrected chi connectivity index (χ1v) is 4.81. The number of rotatable bonds is 7. The van der Waals surface area contributed by atoms with Gasteiger partial charge in [-0.25, -0.2) is 0 Å². The molecule has 0 saturated carbocycles. The van der Waals surface area contributed by atoms with Gasteiger partial charge in [-0.05, 0) is 32.9 Å². The molecule has 74 valence electrons. The molecule has 0 amide bonds. The van der Waals surface area contributed by atoms with Gasteiger partial charge in [0.2, 0.25) is 0 Å². The van der Waals surface area contributed by atoms with Crippen molar-refractivity contribution in [1.29, 1.82) is 0 Å². The highest BCUT2D eigenvalue weighted by atomic mass is 16.3. The first-order valence-electron chi connectivity index (χ1n) is 4.81. The molecule has 0 aliphatic rings. The molecule has 3 nitrogen and oxygen atoms in total. The molecule has 12 heavy (non-hydrogen) atoms. The Morgan fingerprint density at radius 2 is 2.08 bits per heavy atom. The van der Waals surface area contributed by atoms with Crippen LogP contribution in [0, 0.1) is 0 Å². The van der Waals surface area contributed by atoms with E-state index in [4.69, 9.17) is 10.8 Å². The van der Waals surface area contributed by atoms with Crippen molar-refractivity contribution < 1.29 is 5.11 Å². The monoisotopic (exact) mass is 174 g/mol. The maximum atomic E-state index is 9.02. The van der Waals surface area contributed by atoms with Crippen molar-refractivity contribution in [2.24, 2.45) is 5.73 Å². The van der Waals surface area contributed by atoms with Crippen LogP contribution < -0.4 is 5.73 Å². The van der Waals surface area contributed by atoms with E-state index in [1.165, 1.54) is 0 Å². The summed E-state index contributed by atoms with van der Waals surface area (Å²) in [5.41, 5.74) is 5.45. The lowest BCUT2D eigenvalue weighted by molar-refractivity contribution is 0.172. The third kappa shape index (κ3) is 6.58. The number of hydrogen-bond acceptors (Lipinski definition) is 3. The third-order valence-electron chi connectivity index (χ3n) is 1.99. The Bertz CT molecular complexity index is 96.5. The molecule has 0 aliphatic heterocycles. The second-order valence-electron chi connectivity index (χ2n) is 3.21. The van der Waals surface area contributed by atoms with E-state index in [2.05, 4.69) is 11.8 Å². The normalized spacial score (nSPS) is 13.8. The van der Waals surface area contributed by atoms with Gasteiger partial charge in [0.15, 0.2) is 0 Å². The van der Waals surface area contributed by atoms with Crippen LogP contribution in [0.4, 0.5) is 0 Å². The van der Waals surface area contributed by atoms with Crippen LogP contribution in [0.3, 0.4) is 0 Å². The number of likely N-dealkylation sites (N-methyl/N-ethyl adjacent to an activating group) is 1. The molecule has 0 bridgehead atoms. The van der Waals surface area contributed by atoms with Crippen LogP contribution in [0.2, 0.25) is 0 Å². The van der Waals surface area contributed by atoms with E-state index in [9.17, 15) is 0 Å². The quantitative estimate of drug-likeness (QED) is 0.588. The summed E-state index contributed by atoms with van der Waals surface area (Å²) >= 11 is 0. The Labute approximate surface area is 75.6 Å². The molecule has 0 aliphatic carbocycles. The summed E-state index contributed by atoms with van der Waals surface area (Å²) in [7, 11) is 0. The van der Waals surface area contributed by atoms with E-state index in [0.717, 1.165) is 39.0 Å². The first kappa shape index (κ1) is 11.9. The lowest BCUT2D eigenvalue weighted by atomic mass is 10.2. The highest BCUT2D eigenvalue weighted by Crippen LogP contribution is 1.98. The van der Waals surface area contributed by atoms with Crippen molar-refractivity contribution in [3.8, 4) is 0 Å². The van der Waals surface area contributed by atoms with Gasteiger partial charge in [-0.3, -0.25) is 0 Å². The van der Waals surface area contributed by atoms with Crippen molar-refractivity contribution in [3.63, 3.8) is 0 Å². The summed E-state index contributed by atoms with van der Waals surface area (Å²) in [5.74, 6) is 0. The standard InChI is InChI=1S/C9H22N2O/c1-3-11(8-6-10)7-4-5-9(2)12/h9,12H,3-8,10H2,1-2H3. The average Bonchev–Trinajstić information content (AvgIpc) is 2.02. The fourth-order valence-electron chi connectivity index (χ4n) is 1.22.